The zero-order chi connectivity index (χ0) is 15.4. The summed E-state index contributed by atoms with van der Waals surface area (Å²) < 4.78 is 10.1. The van der Waals surface area contributed by atoms with Crippen LogP contribution in [0.4, 0.5) is 0 Å². The van der Waals surface area contributed by atoms with Crippen molar-refractivity contribution in [2.75, 3.05) is 13.7 Å². The van der Waals surface area contributed by atoms with Gasteiger partial charge in [-0.15, -0.1) is 11.3 Å². The van der Waals surface area contributed by atoms with Crippen LogP contribution in [0.2, 0.25) is 5.15 Å². The van der Waals surface area contributed by atoms with E-state index in [1.807, 2.05) is 19.2 Å². The first-order valence-electron chi connectivity index (χ1n) is 6.34. The van der Waals surface area contributed by atoms with E-state index in [4.69, 9.17) is 21.1 Å². The summed E-state index contributed by atoms with van der Waals surface area (Å²) >= 11 is 7.37. The van der Waals surface area contributed by atoms with Crippen molar-refractivity contribution in [2.45, 2.75) is 20.5 Å². The lowest BCUT2D eigenvalue weighted by molar-refractivity contribution is 0.0607. The van der Waals surface area contributed by atoms with Gasteiger partial charge >= 0.3 is 5.97 Å². The molecule has 0 spiro atoms. The van der Waals surface area contributed by atoms with Crippen molar-refractivity contribution in [3.05, 3.63) is 32.9 Å². The van der Waals surface area contributed by atoms with Crippen LogP contribution in [0, 0.1) is 6.92 Å². The zero-order valence-electron chi connectivity index (χ0n) is 12.0. The molecule has 7 heteroatoms. The molecule has 2 rings (SSSR count). The average molecular weight is 327 g/mol. The van der Waals surface area contributed by atoms with E-state index < -0.39 is 0 Å². The van der Waals surface area contributed by atoms with E-state index in [0.29, 0.717) is 28.2 Å². The van der Waals surface area contributed by atoms with Gasteiger partial charge in [-0.2, -0.15) is 0 Å². The molecule has 0 unspecified atom stereocenters. The van der Waals surface area contributed by atoms with Crippen LogP contribution in [-0.4, -0.2) is 29.7 Å². The van der Waals surface area contributed by atoms with Crippen LogP contribution in [0.1, 0.15) is 28.0 Å². The summed E-state index contributed by atoms with van der Waals surface area (Å²) in [7, 11) is 1.36. The standard InChI is InChI=1S/C14H15ClN2O3S/c1-4-20-6-11-16-9(5-10(15)17-11)12-8(2)7-21-13(12)14(18)19-3/h5,7H,4,6H2,1-3H3. The molecule has 0 aromatic carbocycles. The largest absolute Gasteiger partial charge is 0.465 e. The molecule has 0 amide bonds. The van der Waals surface area contributed by atoms with Crippen molar-refractivity contribution in [1.82, 2.24) is 9.97 Å². The van der Waals surface area contributed by atoms with Crippen LogP contribution in [-0.2, 0) is 16.1 Å². The molecule has 0 radical (unpaired) electrons. The molecule has 0 fully saturated rings. The first kappa shape index (κ1) is 15.9. The Labute approximate surface area is 131 Å². The second kappa shape index (κ2) is 6.98. The fourth-order valence-corrected chi connectivity index (χ4v) is 3.03. The van der Waals surface area contributed by atoms with Crippen LogP contribution in [0.3, 0.4) is 0 Å². The number of hydrogen-bond donors (Lipinski definition) is 0. The number of halogens is 1. The molecule has 0 aliphatic rings. The Kier molecular flexibility index (Phi) is 5.27. The highest BCUT2D eigenvalue weighted by Gasteiger charge is 2.20. The van der Waals surface area contributed by atoms with Gasteiger partial charge in [0.05, 0.1) is 12.8 Å². The number of ether oxygens (including phenoxy) is 2. The number of nitrogens with zero attached hydrogens (tertiary/aromatic N) is 2. The number of aromatic nitrogens is 2. The zero-order valence-corrected chi connectivity index (χ0v) is 13.5. The average Bonchev–Trinajstić information content (AvgIpc) is 2.85. The third kappa shape index (κ3) is 3.58. The lowest BCUT2D eigenvalue weighted by Crippen LogP contribution is -2.04. The number of aryl methyl sites for hydroxylation is 1. The number of hydrogen-bond acceptors (Lipinski definition) is 6. The Balaban J connectivity index is 2.49. The maximum atomic E-state index is 11.8. The lowest BCUT2D eigenvalue weighted by atomic mass is 10.1. The minimum atomic E-state index is -0.385. The van der Waals surface area contributed by atoms with E-state index in [0.717, 1.165) is 11.1 Å². The van der Waals surface area contributed by atoms with Crippen molar-refractivity contribution in [3.63, 3.8) is 0 Å². The van der Waals surface area contributed by atoms with Gasteiger partial charge in [0, 0.05) is 18.2 Å². The molecule has 0 aliphatic heterocycles. The second-order valence-electron chi connectivity index (χ2n) is 4.24. The van der Waals surface area contributed by atoms with Crippen LogP contribution < -0.4 is 0 Å². The van der Waals surface area contributed by atoms with Gasteiger partial charge in [0.15, 0.2) is 5.82 Å². The Morgan fingerprint density at radius 3 is 2.86 bits per heavy atom. The molecule has 0 saturated heterocycles. The van der Waals surface area contributed by atoms with E-state index in [1.165, 1.54) is 18.4 Å². The topological polar surface area (TPSA) is 61.3 Å². The molecule has 21 heavy (non-hydrogen) atoms. The van der Waals surface area contributed by atoms with Gasteiger partial charge in [-0.1, -0.05) is 11.6 Å². The van der Waals surface area contributed by atoms with E-state index in [2.05, 4.69) is 9.97 Å². The van der Waals surface area contributed by atoms with Crippen LogP contribution in [0.5, 0.6) is 0 Å². The number of methoxy groups -OCH3 is 1. The highest BCUT2D eigenvalue weighted by molar-refractivity contribution is 7.12. The van der Waals surface area contributed by atoms with E-state index >= 15 is 0 Å². The molecule has 2 heterocycles. The highest BCUT2D eigenvalue weighted by atomic mass is 35.5. The quantitative estimate of drug-likeness (QED) is 0.621. The number of esters is 1. The van der Waals surface area contributed by atoms with Gasteiger partial charge in [-0.25, -0.2) is 14.8 Å². The van der Waals surface area contributed by atoms with E-state index in [1.54, 1.807) is 6.07 Å². The number of carbonyl (C=O) groups excluding carboxylic acids is 1. The second-order valence-corrected chi connectivity index (χ2v) is 5.51. The molecular weight excluding hydrogens is 312 g/mol. The molecule has 112 valence electrons. The first-order valence-corrected chi connectivity index (χ1v) is 7.60. The first-order chi connectivity index (χ1) is 10.1. The van der Waals surface area contributed by atoms with Crippen molar-refractivity contribution in [3.8, 4) is 11.3 Å². The molecule has 2 aromatic rings. The SMILES string of the molecule is CCOCc1nc(Cl)cc(-c2c(C)csc2C(=O)OC)n1. The normalized spacial score (nSPS) is 10.7. The molecule has 0 N–H and O–H groups in total. The molecule has 0 atom stereocenters. The fraction of sp³-hybridized carbons (Fsp3) is 0.357. The lowest BCUT2D eigenvalue weighted by Gasteiger charge is -2.07. The summed E-state index contributed by atoms with van der Waals surface area (Å²) in [5, 5.41) is 2.20. The van der Waals surface area contributed by atoms with Crippen molar-refractivity contribution in [1.29, 1.82) is 0 Å². The number of thiophene rings is 1. The maximum absolute atomic E-state index is 11.8. The third-order valence-corrected chi connectivity index (χ3v) is 4.05. The summed E-state index contributed by atoms with van der Waals surface area (Å²) in [6.45, 7) is 4.65. The van der Waals surface area contributed by atoms with Crippen molar-refractivity contribution in [2.24, 2.45) is 0 Å². The smallest absolute Gasteiger partial charge is 0.348 e. The van der Waals surface area contributed by atoms with Gasteiger partial charge in [0.1, 0.15) is 16.6 Å². The summed E-state index contributed by atoms with van der Waals surface area (Å²) in [5.41, 5.74) is 2.27. The summed E-state index contributed by atoms with van der Waals surface area (Å²) in [4.78, 5) is 20.9. The van der Waals surface area contributed by atoms with Gasteiger partial charge < -0.3 is 9.47 Å². The van der Waals surface area contributed by atoms with Gasteiger partial charge in [-0.3, -0.25) is 0 Å². The predicted molar refractivity (Wildman–Crippen MR) is 81.8 cm³/mol. The predicted octanol–water partition coefficient (Wildman–Crippen LogP) is 3.49. The van der Waals surface area contributed by atoms with Gasteiger partial charge in [0.25, 0.3) is 0 Å². The fourth-order valence-electron chi connectivity index (χ4n) is 1.86. The molecule has 5 nitrogen and oxygen atoms in total. The van der Waals surface area contributed by atoms with Crippen LogP contribution in [0.25, 0.3) is 11.3 Å². The van der Waals surface area contributed by atoms with Crippen LogP contribution in [0.15, 0.2) is 11.4 Å². The van der Waals surface area contributed by atoms with Crippen LogP contribution >= 0.6 is 22.9 Å². The highest BCUT2D eigenvalue weighted by Crippen LogP contribution is 2.32. The minimum absolute atomic E-state index is 0.279. The van der Waals surface area contributed by atoms with Gasteiger partial charge in [0.2, 0.25) is 0 Å². The summed E-state index contributed by atoms with van der Waals surface area (Å²) in [6.07, 6.45) is 0. The molecule has 0 aliphatic carbocycles. The van der Waals surface area contributed by atoms with E-state index in [9.17, 15) is 4.79 Å². The third-order valence-electron chi connectivity index (χ3n) is 2.78. The monoisotopic (exact) mass is 326 g/mol. The maximum Gasteiger partial charge on any atom is 0.348 e. The Morgan fingerprint density at radius 1 is 1.43 bits per heavy atom. The van der Waals surface area contributed by atoms with Crippen molar-refractivity contribution >= 4 is 28.9 Å². The number of rotatable bonds is 5. The molecule has 0 bridgehead atoms. The van der Waals surface area contributed by atoms with E-state index in [-0.39, 0.29) is 12.6 Å². The Hall–Kier alpha value is -1.50. The molecular formula is C14H15ClN2O3S. The summed E-state index contributed by atoms with van der Waals surface area (Å²) in [5.74, 6) is 0.102. The minimum Gasteiger partial charge on any atom is -0.465 e. The Morgan fingerprint density at radius 2 is 2.19 bits per heavy atom. The molecule has 0 saturated carbocycles. The van der Waals surface area contributed by atoms with Crippen molar-refractivity contribution < 1.29 is 14.3 Å². The number of carbonyl (C=O) groups is 1. The summed E-state index contributed by atoms with van der Waals surface area (Å²) in [6, 6.07) is 1.64. The van der Waals surface area contributed by atoms with Gasteiger partial charge in [-0.05, 0) is 24.8 Å². The Bertz CT molecular complexity index is 658. The molecule has 2 aromatic heterocycles.